The summed E-state index contributed by atoms with van der Waals surface area (Å²) < 4.78 is 32.3. The molecule has 1 atom stereocenters. The van der Waals surface area contributed by atoms with Crippen LogP contribution in [0.2, 0.25) is 0 Å². The average molecular weight is 434 g/mol. The number of alkyl halides is 1. The van der Waals surface area contributed by atoms with Crippen LogP contribution in [0.15, 0.2) is 41.3 Å². The number of fused-ring (bicyclic) bond motifs is 1. The van der Waals surface area contributed by atoms with Crippen LogP contribution in [-0.2, 0) is 14.9 Å². The summed E-state index contributed by atoms with van der Waals surface area (Å²) in [5, 5.41) is 6.96. The number of benzene rings is 2. The lowest BCUT2D eigenvalue weighted by Crippen LogP contribution is -2.33. The first-order valence-electron chi connectivity index (χ1n) is 6.43. The van der Waals surface area contributed by atoms with Gasteiger partial charge >= 0.3 is 0 Å². The van der Waals surface area contributed by atoms with E-state index in [0.717, 1.165) is 0 Å². The van der Waals surface area contributed by atoms with Crippen molar-refractivity contribution in [1.29, 1.82) is 0 Å². The first-order chi connectivity index (χ1) is 10.3. The van der Waals surface area contributed by atoms with Crippen LogP contribution in [-0.4, -0.2) is 29.5 Å². The molecule has 0 fully saturated rings. The van der Waals surface area contributed by atoms with Crippen molar-refractivity contribution in [2.75, 3.05) is 11.9 Å². The van der Waals surface area contributed by atoms with Crippen LogP contribution in [0.1, 0.15) is 6.92 Å². The Morgan fingerprint density at radius 1 is 1.27 bits per heavy atom. The Morgan fingerprint density at radius 2 is 1.91 bits per heavy atom. The zero-order chi connectivity index (χ0) is 16.3. The number of hydrogen-bond donors (Lipinski definition) is 3. The number of hydrogen-bond acceptors (Lipinski definition) is 4. The molecule has 0 radical (unpaired) electrons. The van der Waals surface area contributed by atoms with Gasteiger partial charge < -0.3 is 10.6 Å². The molecule has 8 heteroatoms. The van der Waals surface area contributed by atoms with Gasteiger partial charge in [-0.2, -0.15) is 8.42 Å². The molecule has 1 amide bonds. The van der Waals surface area contributed by atoms with Crippen LogP contribution < -0.4 is 10.6 Å². The van der Waals surface area contributed by atoms with Crippen LogP contribution in [0.5, 0.6) is 0 Å². The highest BCUT2D eigenvalue weighted by Crippen LogP contribution is 2.30. The fraction of sp³-hybridized carbons (Fsp3) is 0.214. The summed E-state index contributed by atoms with van der Waals surface area (Å²) in [4.78, 5) is 10.9. The van der Waals surface area contributed by atoms with Gasteiger partial charge in [0.25, 0.3) is 10.1 Å². The maximum absolute atomic E-state index is 11.6. The maximum atomic E-state index is 11.6. The average Bonchev–Trinajstić information content (AvgIpc) is 2.42. The molecule has 0 heterocycles. The molecule has 2 aromatic carbocycles. The van der Waals surface area contributed by atoms with Gasteiger partial charge in [-0.15, -0.1) is 0 Å². The Morgan fingerprint density at radius 3 is 2.50 bits per heavy atom. The van der Waals surface area contributed by atoms with E-state index in [1.807, 2.05) is 0 Å². The Balaban J connectivity index is 2.40. The molecule has 118 valence electrons. The zero-order valence-electron chi connectivity index (χ0n) is 11.7. The molecule has 0 spiro atoms. The number of nitrogens with one attached hydrogen (secondary N) is 2. The summed E-state index contributed by atoms with van der Waals surface area (Å²) in [6.07, 6.45) is 0. The summed E-state index contributed by atoms with van der Waals surface area (Å²) >= 11 is 2.07. The van der Waals surface area contributed by atoms with E-state index in [0.29, 0.717) is 23.0 Å². The Labute approximate surface area is 142 Å². The predicted molar refractivity (Wildman–Crippen MR) is 93.9 cm³/mol. The van der Waals surface area contributed by atoms with Crippen LogP contribution in [0.3, 0.4) is 0 Å². The van der Waals surface area contributed by atoms with Crippen molar-refractivity contribution in [3.05, 3.63) is 36.4 Å². The first-order valence-corrected chi connectivity index (χ1v) is 9.12. The molecule has 0 aromatic heterocycles. The first kappa shape index (κ1) is 17.0. The van der Waals surface area contributed by atoms with Crippen LogP contribution in [0.4, 0.5) is 5.69 Å². The number of carbonyl (C=O) groups excluding carboxylic acids is 1. The van der Waals surface area contributed by atoms with Crippen molar-refractivity contribution in [1.82, 2.24) is 5.32 Å². The fourth-order valence-electron chi connectivity index (χ4n) is 2.14. The lowest BCUT2D eigenvalue weighted by molar-refractivity contribution is -0.119. The number of halogens is 1. The number of anilines is 1. The third-order valence-electron chi connectivity index (χ3n) is 2.98. The lowest BCUT2D eigenvalue weighted by Gasteiger charge is -2.15. The third-order valence-corrected chi connectivity index (χ3v) is 4.62. The van der Waals surface area contributed by atoms with Crippen molar-refractivity contribution in [3.8, 4) is 0 Å². The van der Waals surface area contributed by atoms with E-state index in [-0.39, 0.29) is 14.9 Å². The second-order valence-corrected chi connectivity index (χ2v) is 7.58. The molecule has 0 saturated heterocycles. The Hall–Kier alpha value is -1.39. The van der Waals surface area contributed by atoms with Gasteiger partial charge in [0.2, 0.25) is 5.91 Å². The SMILES string of the molecule is CC(=O)NC(I)CNc1cccc2cccc(S(=O)(=O)O)c12. The molecular weight excluding hydrogens is 419 g/mol. The molecule has 0 aliphatic carbocycles. The highest BCUT2D eigenvalue weighted by Gasteiger charge is 2.16. The second-order valence-electron chi connectivity index (χ2n) is 4.68. The van der Waals surface area contributed by atoms with Gasteiger partial charge in [0, 0.05) is 24.5 Å². The van der Waals surface area contributed by atoms with Crippen LogP contribution in [0, 0.1) is 0 Å². The molecule has 2 rings (SSSR count). The highest BCUT2D eigenvalue weighted by atomic mass is 127. The van der Waals surface area contributed by atoms with E-state index < -0.39 is 10.1 Å². The van der Waals surface area contributed by atoms with E-state index in [9.17, 15) is 17.8 Å². The Bertz CT molecular complexity index is 802. The lowest BCUT2D eigenvalue weighted by atomic mass is 10.1. The van der Waals surface area contributed by atoms with Crippen molar-refractivity contribution >= 4 is 55.1 Å². The molecule has 1 unspecified atom stereocenters. The van der Waals surface area contributed by atoms with E-state index in [4.69, 9.17) is 0 Å². The Kier molecular flexibility index (Phi) is 5.24. The summed E-state index contributed by atoms with van der Waals surface area (Å²) in [6.45, 7) is 1.85. The minimum absolute atomic E-state index is 0.141. The summed E-state index contributed by atoms with van der Waals surface area (Å²) in [7, 11) is -4.32. The quantitative estimate of drug-likeness (QED) is 0.291. The predicted octanol–water partition coefficient (Wildman–Crippen LogP) is 2.40. The van der Waals surface area contributed by atoms with Gasteiger partial charge in [0.1, 0.15) is 4.90 Å². The standard InChI is InChI=1S/C14H15IN2O4S/c1-9(18)17-13(15)8-16-11-6-2-4-10-5-3-7-12(14(10)11)22(19,20)21/h2-7,13,16H,8H2,1H3,(H,17,18)(H,19,20,21). The van der Waals surface area contributed by atoms with E-state index in [1.54, 1.807) is 30.3 Å². The van der Waals surface area contributed by atoms with Gasteiger partial charge in [-0.1, -0.05) is 46.9 Å². The van der Waals surface area contributed by atoms with Gasteiger partial charge in [0.05, 0.1) is 4.05 Å². The number of carbonyl (C=O) groups is 1. The molecule has 22 heavy (non-hydrogen) atoms. The monoisotopic (exact) mass is 434 g/mol. The minimum atomic E-state index is -4.32. The molecule has 0 aliphatic rings. The van der Waals surface area contributed by atoms with Crippen molar-refractivity contribution < 1.29 is 17.8 Å². The van der Waals surface area contributed by atoms with E-state index >= 15 is 0 Å². The summed E-state index contributed by atoms with van der Waals surface area (Å²) in [6, 6.07) is 9.99. The minimum Gasteiger partial charge on any atom is -0.382 e. The largest absolute Gasteiger partial charge is 0.382 e. The van der Waals surface area contributed by atoms with Crippen molar-refractivity contribution in [2.24, 2.45) is 0 Å². The molecule has 0 aliphatic heterocycles. The molecular formula is C14H15IN2O4S. The highest BCUT2D eigenvalue weighted by molar-refractivity contribution is 14.1. The third kappa shape index (κ3) is 4.08. The smallest absolute Gasteiger partial charge is 0.295 e. The van der Waals surface area contributed by atoms with E-state index in [1.165, 1.54) is 13.0 Å². The van der Waals surface area contributed by atoms with Crippen LogP contribution >= 0.6 is 22.6 Å². The summed E-state index contributed by atoms with van der Waals surface area (Å²) in [5.41, 5.74) is 0.581. The van der Waals surface area contributed by atoms with E-state index in [2.05, 4.69) is 33.2 Å². The molecule has 0 bridgehead atoms. The van der Waals surface area contributed by atoms with Gasteiger partial charge in [-0.05, 0) is 17.5 Å². The molecule has 3 N–H and O–H groups in total. The zero-order valence-corrected chi connectivity index (χ0v) is 14.7. The molecule has 6 nitrogen and oxygen atoms in total. The second kappa shape index (κ2) is 6.80. The summed E-state index contributed by atoms with van der Waals surface area (Å²) in [5.74, 6) is -0.141. The molecule has 2 aromatic rings. The van der Waals surface area contributed by atoms with Crippen molar-refractivity contribution in [3.63, 3.8) is 0 Å². The maximum Gasteiger partial charge on any atom is 0.295 e. The topological polar surface area (TPSA) is 95.5 Å². The van der Waals surface area contributed by atoms with Gasteiger partial charge in [0.15, 0.2) is 0 Å². The normalized spacial score (nSPS) is 12.9. The molecule has 0 saturated carbocycles. The number of rotatable bonds is 5. The van der Waals surface area contributed by atoms with Gasteiger partial charge in [-0.25, -0.2) is 0 Å². The number of amides is 1. The van der Waals surface area contributed by atoms with Crippen molar-refractivity contribution in [2.45, 2.75) is 15.9 Å². The van der Waals surface area contributed by atoms with Gasteiger partial charge in [-0.3, -0.25) is 9.35 Å². The van der Waals surface area contributed by atoms with Crippen LogP contribution in [0.25, 0.3) is 10.8 Å². The fourth-order valence-corrected chi connectivity index (χ4v) is 3.54.